The van der Waals surface area contributed by atoms with Crippen LogP contribution in [0.15, 0.2) is 71.3 Å². The van der Waals surface area contributed by atoms with Crippen LogP contribution in [0, 0.1) is 5.92 Å². The Morgan fingerprint density at radius 2 is 1.63 bits per heavy atom. The van der Waals surface area contributed by atoms with Gasteiger partial charge in [-0.1, -0.05) is 24.3 Å². The molecule has 1 atom stereocenters. The molecule has 0 saturated carbocycles. The smallest absolute Gasteiger partial charge is 0.290 e. The van der Waals surface area contributed by atoms with Crippen LogP contribution in [0.4, 0.5) is 0 Å². The number of carbonyl (C=O) groups excluding carboxylic acids is 3. The zero-order valence-corrected chi connectivity index (χ0v) is 19.7. The predicted octanol–water partition coefficient (Wildman–Crippen LogP) is 3.98. The number of hydrogen-bond acceptors (Lipinski definition) is 5. The lowest BCUT2D eigenvalue weighted by Gasteiger charge is -2.40. The molecule has 3 heterocycles. The largest absolute Gasteiger partial charge is 0.497 e. The summed E-state index contributed by atoms with van der Waals surface area (Å²) in [4.78, 5) is 43.3. The van der Waals surface area contributed by atoms with Crippen molar-refractivity contribution in [3.05, 3.63) is 89.4 Å². The number of ether oxygens (including phenoxy) is 1. The Kier molecular flexibility index (Phi) is 6.40. The number of piperidine rings is 1. The summed E-state index contributed by atoms with van der Waals surface area (Å²) in [6.07, 6.45) is 3.14. The molecule has 7 nitrogen and oxygen atoms in total. The first-order valence-electron chi connectivity index (χ1n) is 11.9. The Hall–Kier alpha value is -3.87. The van der Waals surface area contributed by atoms with Gasteiger partial charge < -0.3 is 19.0 Å². The van der Waals surface area contributed by atoms with Crippen molar-refractivity contribution < 1.29 is 23.5 Å². The minimum atomic E-state index is -0.601. The number of fused-ring (bicyclic) bond motifs is 1. The number of carbonyl (C=O) groups is 3. The molecule has 1 fully saturated rings. The van der Waals surface area contributed by atoms with E-state index in [1.54, 1.807) is 53.3 Å². The number of hydrogen-bond donors (Lipinski definition) is 0. The van der Waals surface area contributed by atoms with Gasteiger partial charge in [-0.15, -0.1) is 0 Å². The number of amides is 2. The Bertz CT molecular complexity index is 1210. The summed E-state index contributed by atoms with van der Waals surface area (Å²) in [7, 11) is 1.60. The van der Waals surface area contributed by atoms with Gasteiger partial charge in [0.15, 0.2) is 11.5 Å². The van der Waals surface area contributed by atoms with Gasteiger partial charge in [0.2, 0.25) is 5.91 Å². The van der Waals surface area contributed by atoms with Crippen molar-refractivity contribution in [3.63, 3.8) is 0 Å². The lowest BCUT2D eigenvalue weighted by Crippen LogP contribution is -2.55. The van der Waals surface area contributed by atoms with Crippen molar-refractivity contribution in [1.29, 1.82) is 0 Å². The molecule has 1 saturated heterocycles. The molecule has 3 aromatic rings. The molecule has 2 amide bonds. The first kappa shape index (κ1) is 22.9. The normalized spacial score (nSPS) is 18.1. The van der Waals surface area contributed by atoms with Crippen molar-refractivity contribution >= 4 is 17.6 Å². The van der Waals surface area contributed by atoms with E-state index in [1.807, 2.05) is 24.3 Å². The maximum atomic E-state index is 13.7. The lowest BCUT2D eigenvalue weighted by atomic mass is 9.87. The highest BCUT2D eigenvalue weighted by Gasteiger charge is 2.39. The van der Waals surface area contributed by atoms with Crippen molar-refractivity contribution in [2.45, 2.75) is 31.8 Å². The minimum Gasteiger partial charge on any atom is -0.497 e. The first-order chi connectivity index (χ1) is 17.0. The third-order valence-electron chi connectivity index (χ3n) is 7.08. The van der Waals surface area contributed by atoms with E-state index >= 15 is 0 Å². The molecule has 35 heavy (non-hydrogen) atoms. The first-order valence-corrected chi connectivity index (χ1v) is 11.9. The molecule has 180 valence electrons. The van der Waals surface area contributed by atoms with Gasteiger partial charge in [0, 0.05) is 37.5 Å². The molecule has 0 N–H and O–H groups in total. The Morgan fingerprint density at radius 3 is 2.29 bits per heavy atom. The second-order valence-electron chi connectivity index (χ2n) is 9.09. The van der Waals surface area contributed by atoms with Crippen LogP contribution in [-0.2, 0) is 17.8 Å². The third-order valence-corrected chi connectivity index (χ3v) is 7.08. The van der Waals surface area contributed by atoms with Crippen LogP contribution >= 0.6 is 0 Å². The van der Waals surface area contributed by atoms with Crippen LogP contribution < -0.4 is 4.74 Å². The fourth-order valence-corrected chi connectivity index (χ4v) is 5.06. The summed E-state index contributed by atoms with van der Waals surface area (Å²) in [6, 6.07) is 17.8. The molecular weight excluding hydrogens is 444 g/mol. The van der Waals surface area contributed by atoms with Gasteiger partial charge in [0.05, 0.1) is 13.4 Å². The molecule has 2 aromatic carbocycles. The van der Waals surface area contributed by atoms with E-state index in [1.165, 1.54) is 6.26 Å². The second-order valence-corrected chi connectivity index (χ2v) is 9.09. The highest BCUT2D eigenvalue weighted by Crippen LogP contribution is 2.29. The van der Waals surface area contributed by atoms with Crippen molar-refractivity contribution in [1.82, 2.24) is 9.80 Å². The summed E-state index contributed by atoms with van der Waals surface area (Å²) < 4.78 is 10.5. The number of benzene rings is 2. The fraction of sp³-hybridized carbons (Fsp3) is 0.321. The third kappa shape index (κ3) is 4.58. The average Bonchev–Trinajstić information content (AvgIpc) is 3.46. The van der Waals surface area contributed by atoms with Gasteiger partial charge in [-0.05, 0) is 60.4 Å². The molecular formula is C28H28N2O5. The van der Waals surface area contributed by atoms with Gasteiger partial charge >= 0.3 is 0 Å². The minimum absolute atomic E-state index is 0.0743. The fourth-order valence-electron chi connectivity index (χ4n) is 5.06. The molecule has 0 radical (unpaired) electrons. The molecule has 2 aliphatic heterocycles. The van der Waals surface area contributed by atoms with Gasteiger partial charge in [0.1, 0.15) is 11.8 Å². The van der Waals surface area contributed by atoms with Gasteiger partial charge in [-0.2, -0.15) is 0 Å². The summed E-state index contributed by atoms with van der Waals surface area (Å²) >= 11 is 0. The number of likely N-dealkylation sites (tertiary alicyclic amines) is 1. The van der Waals surface area contributed by atoms with Crippen LogP contribution in [0.25, 0.3) is 0 Å². The van der Waals surface area contributed by atoms with Crippen LogP contribution in [0.2, 0.25) is 0 Å². The highest BCUT2D eigenvalue weighted by molar-refractivity contribution is 5.98. The summed E-state index contributed by atoms with van der Waals surface area (Å²) in [5, 5.41) is 0. The predicted molar refractivity (Wildman–Crippen MR) is 129 cm³/mol. The number of furan rings is 1. The van der Waals surface area contributed by atoms with Crippen molar-refractivity contribution in [2.24, 2.45) is 5.92 Å². The van der Waals surface area contributed by atoms with Crippen LogP contribution in [0.3, 0.4) is 0 Å². The molecule has 1 unspecified atom stereocenters. The number of nitrogens with zero attached hydrogens (tertiary/aromatic N) is 2. The molecule has 0 spiro atoms. The molecule has 5 rings (SSSR count). The van der Waals surface area contributed by atoms with E-state index < -0.39 is 6.04 Å². The molecule has 2 aliphatic rings. The second kappa shape index (κ2) is 9.78. The maximum Gasteiger partial charge on any atom is 0.290 e. The van der Waals surface area contributed by atoms with E-state index in [9.17, 15) is 14.4 Å². The molecule has 1 aromatic heterocycles. The summed E-state index contributed by atoms with van der Waals surface area (Å²) in [6.45, 7) is 1.34. The SMILES string of the molecule is COc1ccc(C(=O)C2CCN(C(=O)C3Cc4ccccc4CN3C(=O)c3ccco3)CC2)cc1. The zero-order chi connectivity index (χ0) is 24.4. The monoisotopic (exact) mass is 472 g/mol. The van der Waals surface area contributed by atoms with Crippen molar-refractivity contribution in [2.75, 3.05) is 20.2 Å². The molecule has 0 aliphatic carbocycles. The van der Waals surface area contributed by atoms with E-state index in [2.05, 4.69) is 0 Å². The van der Waals surface area contributed by atoms with Crippen molar-refractivity contribution in [3.8, 4) is 5.75 Å². The van der Waals surface area contributed by atoms with Gasteiger partial charge in [-0.25, -0.2) is 0 Å². The number of ketones is 1. The zero-order valence-electron chi connectivity index (χ0n) is 19.7. The van der Waals surface area contributed by atoms with E-state index in [0.717, 1.165) is 11.1 Å². The quantitative estimate of drug-likeness (QED) is 0.525. The lowest BCUT2D eigenvalue weighted by molar-refractivity contribution is -0.138. The van der Waals surface area contributed by atoms with E-state index in [0.29, 0.717) is 50.2 Å². The molecule has 0 bridgehead atoms. The highest BCUT2D eigenvalue weighted by atomic mass is 16.5. The summed E-state index contributed by atoms with van der Waals surface area (Å²) in [5.74, 6) is 0.555. The Balaban J connectivity index is 1.29. The maximum absolute atomic E-state index is 13.7. The topological polar surface area (TPSA) is 80.1 Å². The van der Waals surface area contributed by atoms with E-state index in [-0.39, 0.29) is 29.3 Å². The summed E-state index contributed by atoms with van der Waals surface area (Å²) in [5.41, 5.74) is 2.79. The Labute approximate surface area is 204 Å². The van der Waals surface area contributed by atoms with Gasteiger partial charge in [-0.3, -0.25) is 14.4 Å². The number of Topliss-reactive ketones (excluding diaryl/α,β-unsaturated/α-hetero) is 1. The number of methoxy groups -OCH3 is 1. The van der Waals surface area contributed by atoms with Crippen LogP contribution in [0.5, 0.6) is 5.75 Å². The molecule has 7 heteroatoms. The average molecular weight is 473 g/mol. The van der Waals surface area contributed by atoms with E-state index in [4.69, 9.17) is 9.15 Å². The number of rotatable bonds is 5. The standard InChI is InChI=1S/C28H28N2O5/c1-34-23-10-8-19(9-11-23)26(31)20-12-14-29(15-13-20)27(32)24-17-21-5-2-3-6-22(21)18-30(24)28(33)25-7-4-16-35-25/h2-11,16,20,24H,12-15,17-18H2,1H3. The van der Waals surface area contributed by atoms with Gasteiger partial charge in [0.25, 0.3) is 5.91 Å². The van der Waals surface area contributed by atoms with Crippen LogP contribution in [-0.4, -0.2) is 53.6 Å². The van der Waals surface area contributed by atoms with Crippen LogP contribution in [0.1, 0.15) is 44.9 Å². The Morgan fingerprint density at radius 1 is 0.914 bits per heavy atom.